The van der Waals surface area contributed by atoms with Gasteiger partial charge in [-0.05, 0) is 37.2 Å². The number of hydrazine groups is 1. The van der Waals surface area contributed by atoms with E-state index in [-0.39, 0.29) is 11.0 Å². The Morgan fingerprint density at radius 2 is 1.92 bits per heavy atom. The second-order valence-electron chi connectivity index (χ2n) is 6.24. The molecule has 1 aliphatic heterocycles. The van der Waals surface area contributed by atoms with Crippen LogP contribution < -0.4 is 16.1 Å². The number of thiocarbonyl (C=S) groups is 1. The first-order chi connectivity index (χ1) is 12.1. The molecule has 1 aliphatic carbocycles. The fourth-order valence-electron chi connectivity index (χ4n) is 3.21. The zero-order valence-electron chi connectivity index (χ0n) is 13.9. The summed E-state index contributed by atoms with van der Waals surface area (Å²) < 4.78 is 0. The maximum absolute atomic E-state index is 12.6. The van der Waals surface area contributed by atoms with Crippen LogP contribution in [0, 0.1) is 0 Å². The van der Waals surface area contributed by atoms with Crippen molar-refractivity contribution in [1.82, 2.24) is 21.1 Å². The molecule has 1 aromatic carbocycles. The van der Waals surface area contributed by atoms with Crippen LogP contribution >= 0.6 is 24.0 Å². The molecule has 0 unspecified atom stereocenters. The van der Waals surface area contributed by atoms with E-state index < -0.39 is 11.6 Å². The fraction of sp³-hybridized carbons (Fsp3) is 0.471. The molecule has 1 saturated carbocycles. The molecule has 2 fully saturated rings. The lowest BCUT2D eigenvalue weighted by Crippen LogP contribution is -2.53. The Kier molecular flexibility index (Phi) is 5.80. The van der Waals surface area contributed by atoms with Crippen molar-refractivity contribution >= 4 is 41.0 Å². The van der Waals surface area contributed by atoms with Crippen molar-refractivity contribution in [3.8, 4) is 0 Å². The normalized spacial score (nSPS) is 19.0. The Labute approximate surface area is 157 Å². The van der Waals surface area contributed by atoms with Crippen LogP contribution in [-0.2, 0) is 4.79 Å². The number of nitrogens with zero attached hydrogens (tertiary/aromatic N) is 1. The standard InChI is InChI=1S/C17H22N4O2S2/c22-14-17(9-5-2-6-10-17)19-16(23)21(14)20-15(24)18-11-12-25-13-7-3-1-4-8-13/h1,3-4,7-8H,2,5-6,9-12H2,(H,19,23)(H2,18,20,24). The van der Waals surface area contributed by atoms with Crippen LogP contribution in [0.25, 0.3) is 0 Å². The van der Waals surface area contributed by atoms with Gasteiger partial charge in [0.2, 0.25) is 0 Å². The minimum absolute atomic E-state index is 0.222. The number of carbonyl (C=O) groups excluding carboxylic acids is 2. The molecule has 6 nitrogen and oxygen atoms in total. The topological polar surface area (TPSA) is 73.5 Å². The van der Waals surface area contributed by atoms with Crippen LogP contribution in [0.1, 0.15) is 32.1 Å². The van der Waals surface area contributed by atoms with E-state index in [1.54, 1.807) is 11.8 Å². The number of hydrogen-bond donors (Lipinski definition) is 3. The molecule has 3 rings (SSSR count). The first kappa shape index (κ1) is 18.0. The van der Waals surface area contributed by atoms with Gasteiger partial charge in [0, 0.05) is 17.2 Å². The number of rotatable bonds is 5. The van der Waals surface area contributed by atoms with Crippen LogP contribution in [-0.4, -0.2) is 39.9 Å². The van der Waals surface area contributed by atoms with Crippen molar-refractivity contribution in [2.45, 2.75) is 42.5 Å². The van der Waals surface area contributed by atoms with Gasteiger partial charge in [0.05, 0.1) is 0 Å². The molecule has 1 aromatic rings. The summed E-state index contributed by atoms with van der Waals surface area (Å²) in [4.78, 5) is 26.0. The van der Waals surface area contributed by atoms with Gasteiger partial charge in [-0.25, -0.2) is 4.79 Å². The lowest BCUT2D eigenvalue weighted by Gasteiger charge is -2.30. The minimum atomic E-state index is -0.735. The van der Waals surface area contributed by atoms with Crippen molar-refractivity contribution in [2.24, 2.45) is 0 Å². The Hall–Kier alpha value is -1.80. The van der Waals surface area contributed by atoms with E-state index in [0.717, 1.165) is 30.0 Å². The van der Waals surface area contributed by atoms with Crippen LogP contribution in [0.3, 0.4) is 0 Å². The van der Waals surface area contributed by atoms with E-state index in [2.05, 4.69) is 28.2 Å². The number of benzene rings is 1. The molecular formula is C17H22N4O2S2. The second kappa shape index (κ2) is 8.05. The first-order valence-corrected chi connectivity index (χ1v) is 9.89. The third kappa shape index (κ3) is 4.24. The van der Waals surface area contributed by atoms with Gasteiger partial charge in [-0.3, -0.25) is 10.2 Å². The lowest BCUT2D eigenvalue weighted by atomic mass is 9.82. The molecule has 0 aromatic heterocycles. The molecule has 3 N–H and O–H groups in total. The predicted molar refractivity (Wildman–Crippen MR) is 102 cm³/mol. The Balaban J connectivity index is 1.44. The van der Waals surface area contributed by atoms with Gasteiger partial charge in [-0.1, -0.05) is 37.5 Å². The zero-order valence-corrected chi connectivity index (χ0v) is 15.5. The van der Waals surface area contributed by atoms with Crippen molar-refractivity contribution in [3.63, 3.8) is 0 Å². The van der Waals surface area contributed by atoms with E-state index in [4.69, 9.17) is 12.2 Å². The predicted octanol–water partition coefficient (Wildman–Crippen LogP) is 2.41. The molecule has 134 valence electrons. The zero-order chi connectivity index (χ0) is 17.7. The quantitative estimate of drug-likeness (QED) is 0.316. The summed E-state index contributed by atoms with van der Waals surface area (Å²) in [6.07, 6.45) is 4.42. The minimum Gasteiger partial charge on any atom is -0.360 e. The molecule has 8 heteroatoms. The monoisotopic (exact) mass is 378 g/mol. The highest BCUT2D eigenvalue weighted by Gasteiger charge is 2.51. The van der Waals surface area contributed by atoms with Crippen molar-refractivity contribution < 1.29 is 9.59 Å². The maximum atomic E-state index is 12.6. The molecule has 3 amide bonds. The van der Waals surface area contributed by atoms with Gasteiger partial charge in [0.25, 0.3) is 5.91 Å². The summed E-state index contributed by atoms with van der Waals surface area (Å²) >= 11 is 6.93. The first-order valence-electron chi connectivity index (χ1n) is 8.50. The third-order valence-corrected chi connectivity index (χ3v) is 5.73. The van der Waals surface area contributed by atoms with Gasteiger partial charge < -0.3 is 10.6 Å². The van der Waals surface area contributed by atoms with Gasteiger partial charge in [0.15, 0.2) is 5.11 Å². The molecule has 1 heterocycles. The number of urea groups is 1. The summed E-state index contributed by atoms with van der Waals surface area (Å²) in [5.74, 6) is 0.607. The molecule has 1 saturated heterocycles. The van der Waals surface area contributed by atoms with Crippen molar-refractivity contribution in [3.05, 3.63) is 30.3 Å². The number of carbonyl (C=O) groups is 2. The second-order valence-corrected chi connectivity index (χ2v) is 7.82. The third-order valence-electron chi connectivity index (χ3n) is 4.48. The van der Waals surface area contributed by atoms with Gasteiger partial charge in [-0.15, -0.1) is 11.8 Å². The highest BCUT2D eigenvalue weighted by atomic mass is 32.2. The molecule has 25 heavy (non-hydrogen) atoms. The van der Waals surface area contributed by atoms with Crippen LogP contribution in [0.2, 0.25) is 0 Å². The Morgan fingerprint density at radius 3 is 2.64 bits per heavy atom. The van der Waals surface area contributed by atoms with Crippen molar-refractivity contribution in [1.29, 1.82) is 0 Å². The average Bonchev–Trinajstić information content (AvgIpc) is 2.84. The molecule has 0 bridgehead atoms. The summed E-state index contributed by atoms with van der Waals surface area (Å²) in [5, 5.41) is 7.19. The molecule has 2 aliphatic rings. The van der Waals surface area contributed by atoms with Gasteiger partial charge >= 0.3 is 6.03 Å². The van der Waals surface area contributed by atoms with Gasteiger partial charge in [-0.2, -0.15) is 5.01 Å². The summed E-state index contributed by atoms with van der Waals surface area (Å²) in [6.45, 7) is 0.639. The highest BCUT2D eigenvalue weighted by Crippen LogP contribution is 2.32. The number of imide groups is 1. The number of nitrogens with one attached hydrogen (secondary N) is 3. The van der Waals surface area contributed by atoms with E-state index >= 15 is 0 Å². The van der Waals surface area contributed by atoms with Gasteiger partial charge in [0.1, 0.15) is 5.54 Å². The number of amides is 3. The van der Waals surface area contributed by atoms with Crippen LogP contribution in [0.5, 0.6) is 0 Å². The Morgan fingerprint density at radius 1 is 1.20 bits per heavy atom. The molecule has 0 radical (unpaired) electrons. The molecular weight excluding hydrogens is 356 g/mol. The smallest absolute Gasteiger partial charge is 0.344 e. The van der Waals surface area contributed by atoms with Crippen LogP contribution in [0.15, 0.2) is 35.2 Å². The van der Waals surface area contributed by atoms with Crippen LogP contribution in [0.4, 0.5) is 4.79 Å². The SMILES string of the molecule is O=C1NC2(CCCCC2)C(=O)N1NC(=S)NCCSc1ccccc1. The fourth-order valence-corrected chi connectivity index (χ4v) is 4.19. The average molecular weight is 379 g/mol. The summed E-state index contributed by atoms with van der Waals surface area (Å²) in [6, 6.07) is 9.67. The lowest BCUT2D eigenvalue weighted by molar-refractivity contribution is -0.133. The summed E-state index contributed by atoms with van der Waals surface area (Å²) in [7, 11) is 0. The van der Waals surface area contributed by atoms with E-state index in [1.807, 2.05) is 18.2 Å². The number of thioether (sulfide) groups is 1. The maximum Gasteiger partial charge on any atom is 0.344 e. The Bertz CT molecular complexity index is 647. The highest BCUT2D eigenvalue weighted by molar-refractivity contribution is 7.99. The summed E-state index contributed by atoms with van der Waals surface area (Å²) in [5.41, 5.74) is 2.00. The van der Waals surface area contributed by atoms with E-state index in [9.17, 15) is 9.59 Å². The van der Waals surface area contributed by atoms with E-state index in [0.29, 0.717) is 19.4 Å². The molecule has 1 spiro atoms. The molecule has 0 atom stereocenters. The van der Waals surface area contributed by atoms with E-state index in [1.165, 1.54) is 4.90 Å². The number of hydrogen-bond acceptors (Lipinski definition) is 4. The largest absolute Gasteiger partial charge is 0.360 e. The van der Waals surface area contributed by atoms with Crippen molar-refractivity contribution in [2.75, 3.05) is 12.3 Å².